The van der Waals surface area contributed by atoms with Crippen molar-refractivity contribution in [1.82, 2.24) is 0 Å². The van der Waals surface area contributed by atoms with E-state index in [0.717, 1.165) is 31.4 Å². The van der Waals surface area contributed by atoms with Crippen LogP contribution in [0.2, 0.25) is 6.04 Å². The molecule has 0 heterocycles. The van der Waals surface area contributed by atoms with Crippen molar-refractivity contribution in [3.63, 3.8) is 0 Å². The fourth-order valence-corrected chi connectivity index (χ4v) is 3.82. The lowest BCUT2D eigenvalue weighted by molar-refractivity contribution is 0.150. The molecule has 0 aromatic carbocycles. The van der Waals surface area contributed by atoms with Crippen molar-refractivity contribution in [2.75, 3.05) is 26.2 Å². The molecule has 0 bridgehead atoms. The van der Waals surface area contributed by atoms with Gasteiger partial charge in [0.2, 0.25) is 0 Å². The van der Waals surface area contributed by atoms with Gasteiger partial charge in [-0.05, 0) is 19.1 Å². The molecule has 0 fully saturated rings. The second-order valence-electron chi connectivity index (χ2n) is 4.89. The van der Waals surface area contributed by atoms with Gasteiger partial charge in [-0.2, -0.15) is 11.8 Å². The topological polar surface area (TPSA) is 58.9 Å². The van der Waals surface area contributed by atoms with Gasteiger partial charge >= 0.3 is 8.80 Å². The highest BCUT2D eigenvalue weighted by Crippen LogP contribution is 2.16. The summed E-state index contributed by atoms with van der Waals surface area (Å²) in [5, 5.41) is 9.56. The lowest BCUT2D eigenvalue weighted by Gasteiger charge is -2.19. The van der Waals surface area contributed by atoms with Gasteiger partial charge in [0.25, 0.3) is 0 Å². The van der Waals surface area contributed by atoms with Crippen LogP contribution in [0.5, 0.6) is 0 Å². The van der Waals surface area contributed by atoms with Crippen LogP contribution >= 0.6 is 11.8 Å². The van der Waals surface area contributed by atoms with Crippen molar-refractivity contribution in [3.05, 3.63) is 0 Å². The Kier molecular flexibility index (Phi) is 12.4. The number of aliphatic hydroxyl groups excluding tert-OH is 1. The van der Waals surface area contributed by atoms with Crippen LogP contribution in [0.1, 0.15) is 44.9 Å². The zero-order chi connectivity index (χ0) is 14.6. The maximum Gasteiger partial charge on any atom is 0.497 e. The summed E-state index contributed by atoms with van der Waals surface area (Å²) in [4.78, 5) is 9.85. The quantitative estimate of drug-likeness (QED) is 0.404. The first kappa shape index (κ1) is 19.4. The Hall–Kier alpha value is 0.407. The third-order valence-corrected chi connectivity index (χ3v) is 6.26. The third kappa shape index (κ3) is 10.8. The van der Waals surface area contributed by atoms with Crippen molar-refractivity contribution in [3.8, 4) is 0 Å². The van der Waals surface area contributed by atoms with Gasteiger partial charge in [0.15, 0.2) is 0 Å². The Morgan fingerprint density at radius 1 is 1.00 bits per heavy atom. The van der Waals surface area contributed by atoms with Crippen molar-refractivity contribution in [2.45, 2.75) is 57.1 Å². The second kappa shape index (κ2) is 12.2. The summed E-state index contributed by atoms with van der Waals surface area (Å²) in [6.07, 6.45) is 9.53. The highest BCUT2D eigenvalue weighted by Gasteiger charge is 2.33. The minimum absolute atomic E-state index is 0.139. The number of unbranched alkanes of at least 4 members (excludes halogenated alkanes) is 5. The van der Waals surface area contributed by atoms with Crippen LogP contribution in [-0.4, -0.2) is 51.0 Å². The first-order chi connectivity index (χ1) is 9.08. The summed E-state index contributed by atoms with van der Waals surface area (Å²) in [6, 6.07) is 0.645. The van der Waals surface area contributed by atoms with Gasteiger partial charge < -0.3 is 18.8 Å². The summed E-state index contributed by atoms with van der Waals surface area (Å²) in [7, 11) is 0.187. The molecule has 0 aliphatic rings. The monoisotopic (exact) mass is 310 g/mol. The van der Waals surface area contributed by atoms with Gasteiger partial charge in [-0.1, -0.05) is 32.1 Å². The van der Waals surface area contributed by atoms with E-state index in [9.17, 15) is 9.90 Å². The van der Waals surface area contributed by atoms with Gasteiger partial charge in [-0.25, -0.2) is 0 Å². The Morgan fingerprint density at radius 3 is 2.05 bits per heavy atom. The van der Waals surface area contributed by atoms with Crippen LogP contribution in [0.3, 0.4) is 0 Å². The van der Waals surface area contributed by atoms with Gasteiger partial charge in [0.1, 0.15) is 0 Å². The molecule has 0 spiro atoms. The SMILES string of the molecule is CO[Si](O)(CCCCCCCCC(O)CSC)OC. The molecule has 0 saturated carbocycles. The number of rotatable bonds is 13. The van der Waals surface area contributed by atoms with E-state index in [1.807, 2.05) is 6.26 Å². The van der Waals surface area contributed by atoms with E-state index in [4.69, 9.17) is 8.85 Å². The predicted molar refractivity (Wildman–Crippen MR) is 83.5 cm³/mol. The maximum absolute atomic E-state index is 9.85. The first-order valence-electron chi connectivity index (χ1n) is 7.07. The maximum atomic E-state index is 9.85. The molecule has 0 radical (unpaired) electrons. The molecular formula is C13H30O4SSi. The van der Waals surface area contributed by atoms with Crippen molar-refractivity contribution >= 4 is 20.6 Å². The molecule has 0 amide bonds. The Balaban J connectivity index is 3.32. The number of hydrogen-bond donors (Lipinski definition) is 2. The summed E-state index contributed by atoms with van der Waals surface area (Å²) in [5.41, 5.74) is 0. The fourth-order valence-electron chi connectivity index (χ4n) is 2.00. The van der Waals surface area contributed by atoms with E-state index >= 15 is 0 Å². The highest BCUT2D eigenvalue weighted by molar-refractivity contribution is 7.98. The smallest absolute Gasteiger partial charge is 0.392 e. The molecule has 4 nitrogen and oxygen atoms in total. The molecule has 19 heavy (non-hydrogen) atoms. The van der Waals surface area contributed by atoms with Gasteiger partial charge in [-0.15, -0.1) is 0 Å². The molecule has 0 aliphatic heterocycles. The van der Waals surface area contributed by atoms with Crippen LogP contribution in [0.4, 0.5) is 0 Å². The van der Waals surface area contributed by atoms with Gasteiger partial charge in [0.05, 0.1) is 6.10 Å². The summed E-state index contributed by atoms with van der Waals surface area (Å²) in [5.74, 6) is 0.844. The average molecular weight is 311 g/mol. The molecule has 0 rings (SSSR count). The van der Waals surface area contributed by atoms with Crippen LogP contribution < -0.4 is 0 Å². The molecule has 6 heteroatoms. The van der Waals surface area contributed by atoms with Crippen LogP contribution in [0, 0.1) is 0 Å². The molecule has 116 valence electrons. The minimum Gasteiger partial charge on any atom is -0.392 e. The van der Waals surface area contributed by atoms with Crippen LogP contribution in [0.15, 0.2) is 0 Å². The van der Waals surface area contributed by atoms with E-state index in [1.165, 1.54) is 33.5 Å². The first-order valence-corrected chi connectivity index (χ1v) is 10.4. The number of thioether (sulfide) groups is 1. The van der Waals surface area contributed by atoms with Crippen LogP contribution in [0.25, 0.3) is 0 Å². The van der Waals surface area contributed by atoms with Crippen molar-refractivity contribution in [2.24, 2.45) is 0 Å². The van der Waals surface area contributed by atoms with E-state index in [1.54, 1.807) is 11.8 Å². The largest absolute Gasteiger partial charge is 0.497 e. The van der Waals surface area contributed by atoms with E-state index < -0.39 is 8.80 Å². The summed E-state index contributed by atoms with van der Waals surface area (Å²) in [6.45, 7) is 0. The van der Waals surface area contributed by atoms with E-state index in [-0.39, 0.29) is 6.10 Å². The Labute approximate surface area is 123 Å². The Bertz CT molecular complexity index is 203. The summed E-state index contributed by atoms with van der Waals surface area (Å²) < 4.78 is 10.0. The molecule has 0 saturated heterocycles. The lowest BCUT2D eigenvalue weighted by Crippen LogP contribution is -2.39. The van der Waals surface area contributed by atoms with Crippen molar-refractivity contribution < 1.29 is 18.8 Å². The van der Waals surface area contributed by atoms with Gasteiger partial charge in [-0.3, -0.25) is 0 Å². The van der Waals surface area contributed by atoms with E-state index in [2.05, 4.69) is 0 Å². The minimum atomic E-state index is -2.83. The third-order valence-electron chi connectivity index (χ3n) is 3.28. The van der Waals surface area contributed by atoms with Crippen LogP contribution in [-0.2, 0) is 8.85 Å². The predicted octanol–water partition coefficient (Wildman–Crippen LogP) is 2.67. The molecule has 1 unspecified atom stereocenters. The zero-order valence-corrected chi connectivity index (χ0v) is 14.4. The number of aliphatic hydroxyl groups is 1. The standard InChI is InChI=1S/C13H30O4SSi/c1-16-19(15,17-2)11-9-7-5-4-6-8-10-13(14)12-18-3/h13-15H,4-12H2,1-3H3. The van der Waals surface area contributed by atoms with Gasteiger partial charge in [0, 0.05) is 26.0 Å². The average Bonchev–Trinajstić information content (AvgIpc) is 2.41. The zero-order valence-electron chi connectivity index (χ0n) is 12.6. The molecule has 0 aromatic rings. The number of hydrogen-bond acceptors (Lipinski definition) is 5. The molecule has 0 aromatic heterocycles. The highest BCUT2D eigenvalue weighted by atomic mass is 32.2. The molecule has 0 aliphatic carbocycles. The fraction of sp³-hybridized carbons (Fsp3) is 1.00. The normalized spacial score (nSPS) is 13.7. The second-order valence-corrected chi connectivity index (χ2v) is 8.54. The molecule has 1 atom stereocenters. The van der Waals surface area contributed by atoms with E-state index in [0.29, 0.717) is 6.04 Å². The lowest BCUT2D eigenvalue weighted by atomic mass is 10.1. The van der Waals surface area contributed by atoms with Crippen molar-refractivity contribution in [1.29, 1.82) is 0 Å². The summed E-state index contributed by atoms with van der Waals surface area (Å²) >= 11 is 1.70. The molecular weight excluding hydrogens is 280 g/mol. The Morgan fingerprint density at radius 2 is 1.53 bits per heavy atom. The molecule has 2 N–H and O–H groups in total.